The van der Waals surface area contributed by atoms with Gasteiger partial charge in [-0.2, -0.15) is 0 Å². The Morgan fingerprint density at radius 1 is 1.21 bits per heavy atom. The minimum atomic E-state index is 0.667. The number of aryl methyl sites for hydroxylation is 1. The second kappa shape index (κ2) is 8.15. The normalized spacial score (nSPS) is 11.1. The molecular formula is C19H25ClN4. The van der Waals surface area contributed by atoms with E-state index in [-0.39, 0.29) is 0 Å². The van der Waals surface area contributed by atoms with Gasteiger partial charge in [-0.15, -0.1) is 0 Å². The van der Waals surface area contributed by atoms with E-state index in [1.807, 2.05) is 55.7 Å². The lowest BCUT2D eigenvalue weighted by atomic mass is 10.1. The Bertz CT molecular complexity index is 727. The molecule has 0 amide bonds. The van der Waals surface area contributed by atoms with Crippen LogP contribution in [0, 0.1) is 6.92 Å². The van der Waals surface area contributed by atoms with Crippen LogP contribution in [-0.4, -0.2) is 36.9 Å². The van der Waals surface area contributed by atoms with Crippen molar-refractivity contribution < 1.29 is 0 Å². The first kappa shape index (κ1) is 18.3. The number of aromatic nitrogens is 1. The first-order valence-electron chi connectivity index (χ1n) is 8.20. The second-order valence-corrected chi connectivity index (χ2v) is 6.22. The number of rotatable bonds is 6. The molecule has 0 aliphatic heterocycles. The van der Waals surface area contributed by atoms with E-state index in [0.717, 1.165) is 41.4 Å². The van der Waals surface area contributed by atoms with Crippen LogP contribution in [0.15, 0.2) is 35.3 Å². The third-order valence-electron chi connectivity index (χ3n) is 4.07. The standard InChI is InChI=1S/C19H25ClN4/c1-6-16-9-8-10-19(22-16)24(5)18-12-15(20)11-17(14(18)3)21-13-23(4)7-2/h8-13H,6-7H2,1-5H3. The van der Waals surface area contributed by atoms with Crippen molar-refractivity contribution >= 4 is 35.1 Å². The zero-order chi connectivity index (χ0) is 17.7. The van der Waals surface area contributed by atoms with Crippen LogP contribution < -0.4 is 4.90 Å². The highest BCUT2D eigenvalue weighted by Gasteiger charge is 2.13. The van der Waals surface area contributed by atoms with E-state index in [2.05, 4.69) is 30.7 Å². The van der Waals surface area contributed by atoms with Crippen molar-refractivity contribution in [3.05, 3.63) is 46.6 Å². The molecule has 0 bridgehead atoms. The van der Waals surface area contributed by atoms with E-state index in [0.29, 0.717) is 5.02 Å². The van der Waals surface area contributed by atoms with Gasteiger partial charge in [-0.25, -0.2) is 9.98 Å². The smallest absolute Gasteiger partial charge is 0.132 e. The maximum Gasteiger partial charge on any atom is 0.132 e. The lowest BCUT2D eigenvalue weighted by Gasteiger charge is -2.22. The number of pyridine rings is 1. The second-order valence-electron chi connectivity index (χ2n) is 5.79. The van der Waals surface area contributed by atoms with Crippen molar-refractivity contribution in [2.45, 2.75) is 27.2 Å². The Labute approximate surface area is 149 Å². The van der Waals surface area contributed by atoms with Crippen LogP contribution in [-0.2, 0) is 6.42 Å². The van der Waals surface area contributed by atoms with Crippen LogP contribution in [0.1, 0.15) is 25.1 Å². The van der Waals surface area contributed by atoms with Crippen molar-refractivity contribution in [3.8, 4) is 0 Å². The first-order chi connectivity index (χ1) is 11.5. The highest BCUT2D eigenvalue weighted by Crippen LogP contribution is 2.35. The molecule has 0 unspecified atom stereocenters. The summed E-state index contributed by atoms with van der Waals surface area (Å²) >= 11 is 6.33. The van der Waals surface area contributed by atoms with Crippen LogP contribution in [0.2, 0.25) is 5.02 Å². The summed E-state index contributed by atoms with van der Waals surface area (Å²) in [7, 11) is 4.00. The fourth-order valence-electron chi connectivity index (χ4n) is 2.35. The summed E-state index contributed by atoms with van der Waals surface area (Å²) in [6.07, 6.45) is 2.74. The Kier molecular flexibility index (Phi) is 6.21. The fraction of sp³-hybridized carbons (Fsp3) is 0.368. The maximum atomic E-state index is 6.33. The predicted octanol–water partition coefficient (Wildman–Crippen LogP) is 4.99. The Morgan fingerprint density at radius 2 is 1.96 bits per heavy atom. The van der Waals surface area contributed by atoms with Gasteiger partial charge >= 0.3 is 0 Å². The van der Waals surface area contributed by atoms with Crippen LogP contribution >= 0.6 is 11.6 Å². The number of halogens is 1. The van der Waals surface area contributed by atoms with E-state index in [9.17, 15) is 0 Å². The highest BCUT2D eigenvalue weighted by molar-refractivity contribution is 6.31. The number of hydrogen-bond acceptors (Lipinski definition) is 3. The summed E-state index contributed by atoms with van der Waals surface area (Å²) in [6, 6.07) is 9.93. The van der Waals surface area contributed by atoms with E-state index >= 15 is 0 Å². The average Bonchev–Trinajstić information content (AvgIpc) is 2.61. The SMILES string of the molecule is CCc1cccc(N(C)c2cc(Cl)cc(N=CN(C)CC)c2C)n1. The zero-order valence-corrected chi connectivity index (χ0v) is 15.8. The largest absolute Gasteiger partial charge is 0.366 e. The minimum Gasteiger partial charge on any atom is -0.366 e. The topological polar surface area (TPSA) is 31.7 Å². The van der Waals surface area contributed by atoms with Gasteiger partial charge in [0.1, 0.15) is 5.82 Å². The molecule has 128 valence electrons. The molecule has 1 aromatic heterocycles. The van der Waals surface area contributed by atoms with E-state index in [1.165, 1.54) is 0 Å². The molecule has 24 heavy (non-hydrogen) atoms. The van der Waals surface area contributed by atoms with Gasteiger partial charge in [-0.1, -0.05) is 24.6 Å². The molecule has 0 aliphatic rings. The molecule has 0 atom stereocenters. The number of benzene rings is 1. The summed E-state index contributed by atoms with van der Waals surface area (Å²) in [5.74, 6) is 0.903. The molecule has 0 aliphatic carbocycles. The minimum absolute atomic E-state index is 0.667. The molecule has 4 nitrogen and oxygen atoms in total. The predicted molar refractivity (Wildman–Crippen MR) is 104 cm³/mol. The third kappa shape index (κ3) is 4.26. The van der Waals surface area contributed by atoms with Gasteiger partial charge in [0.05, 0.1) is 12.0 Å². The monoisotopic (exact) mass is 344 g/mol. The van der Waals surface area contributed by atoms with Crippen molar-refractivity contribution in [1.82, 2.24) is 9.88 Å². The van der Waals surface area contributed by atoms with Gasteiger partial charge in [0, 0.05) is 37.0 Å². The van der Waals surface area contributed by atoms with Gasteiger partial charge in [0.15, 0.2) is 0 Å². The quantitative estimate of drug-likeness (QED) is 0.546. The lowest BCUT2D eigenvalue weighted by Crippen LogP contribution is -2.15. The summed E-state index contributed by atoms with van der Waals surface area (Å²) in [6.45, 7) is 7.16. The maximum absolute atomic E-state index is 6.33. The van der Waals surface area contributed by atoms with E-state index in [1.54, 1.807) is 0 Å². The van der Waals surface area contributed by atoms with Gasteiger partial charge in [0.2, 0.25) is 0 Å². The first-order valence-corrected chi connectivity index (χ1v) is 8.58. The van der Waals surface area contributed by atoms with E-state index < -0.39 is 0 Å². The summed E-state index contributed by atoms with van der Waals surface area (Å²) in [5, 5.41) is 0.667. The number of anilines is 2. The molecule has 5 heteroatoms. The molecule has 2 rings (SSSR count). The van der Waals surface area contributed by atoms with Gasteiger partial charge < -0.3 is 9.80 Å². The van der Waals surface area contributed by atoms with Crippen molar-refractivity contribution in [3.63, 3.8) is 0 Å². The molecule has 0 spiro atoms. The average molecular weight is 345 g/mol. The summed E-state index contributed by atoms with van der Waals surface area (Å²) in [4.78, 5) is 13.4. The van der Waals surface area contributed by atoms with Crippen molar-refractivity contribution in [2.75, 3.05) is 25.5 Å². The Hall–Kier alpha value is -2.07. The number of hydrogen-bond donors (Lipinski definition) is 0. The molecule has 0 fully saturated rings. The van der Waals surface area contributed by atoms with Gasteiger partial charge in [-0.3, -0.25) is 0 Å². The van der Waals surface area contributed by atoms with Gasteiger partial charge in [0.25, 0.3) is 0 Å². The molecule has 1 heterocycles. The Balaban J connectivity index is 2.42. The number of nitrogens with zero attached hydrogens (tertiary/aromatic N) is 4. The number of aliphatic imine (C=N–C) groups is 1. The molecule has 0 N–H and O–H groups in total. The molecule has 1 aromatic carbocycles. The van der Waals surface area contributed by atoms with Crippen LogP contribution in [0.3, 0.4) is 0 Å². The van der Waals surface area contributed by atoms with Crippen molar-refractivity contribution in [2.24, 2.45) is 4.99 Å². The Morgan fingerprint density at radius 3 is 2.62 bits per heavy atom. The van der Waals surface area contributed by atoms with Crippen LogP contribution in [0.4, 0.5) is 17.2 Å². The van der Waals surface area contributed by atoms with Crippen LogP contribution in [0.25, 0.3) is 0 Å². The zero-order valence-electron chi connectivity index (χ0n) is 15.0. The summed E-state index contributed by atoms with van der Waals surface area (Å²) < 4.78 is 0. The van der Waals surface area contributed by atoms with Crippen LogP contribution in [0.5, 0.6) is 0 Å². The van der Waals surface area contributed by atoms with Gasteiger partial charge in [-0.05, 0) is 50.1 Å². The lowest BCUT2D eigenvalue weighted by molar-refractivity contribution is 0.552. The molecule has 0 saturated heterocycles. The molecule has 0 saturated carbocycles. The fourth-order valence-corrected chi connectivity index (χ4v) is 2.56. The van der Waals surface area contributed by atoms with Crippen molar-refractivity contribution in [1.29, 1.82) is 0 Å². The molecule has 0 radical (unpaired) electrons. The third-order valence-corrected chi connectivity index (χ3v) is 4.29. The molecule has 2 aromatic rings. The van der Waals surface area contributed by atoms with E-state index in [4.69, 9.17) is 16.6 Å². The highest BCUT2D eigenvalue weighted by atomic mass is 35.5. The summed E-state index contributed by atoms with van der Waals surface area (Å²) in [5.41, 5.74) is 4.03. The molecular weight excluding hydrogens is 320 g/mol.